The molecule has 98 valence electrons. The number of para-hydroxylation sites is 1. The molecule has 2 rings (SSSR count). The molecule has 5 heteroatoms. The Bertz CT molecular complexity index is 558. The van der Waals surface area contributed by atoms with Gasteiger partial charge in [-0.2, -0.15) is 0 Å². The minimum atomic E-state index is -0.346. The van der Waals surface area contributed by atoms with Crippen molar-refractivity contribution in [3.05, 3.63) is 54.1 Å². The van der Waals surface area contributed by atoms with Gasteiger partial charge in [-0.3, -0.25) is 9.97 Å². The molecule has 0 aliphatic heterocycles. The molecule has 0 saturated carbocycles. The number of carbonyl (C=O) groups is 1. The molecule has 0 amide bonds. The lowest BCUT2D eigenvalue weighted by atomic mass is 10.1. The van der Waals surface area contributed by atoms with Gasteiger partial charge in [0.05, 0.1) is 36.8 Å². The number of hydrogen-bond donors (Lipinski definition) is 0. The van der Waals surface area contributed by atoms with Gasteiger partial charge in [-0.05, 0) is 12.1 Å². The molecule has 1 heterocycles. The van der Waals surface area contributed by atoms with Crippen LogP contribution in [0.15, 0.2) is 42.9 Å². The summed E-state index contributed by atoms with van der Waals surface area (Å²) in [5, 5.41) is 0. The maximum Gasteiger partial charge on any atom is 0.339 e. The quantitative estimate of drug-likeness (QED) is 0.783. The smallest absolute Gasteiger partial charge is 0.339 e. The Morgan fingerprint density at radius 2 is 2.11 bits per heavy atom. The number of aromatic nitrogens is 2. The van der Waals surface area contributed by atoms with Crippen molar-refractivity contribution < 1.29 is 9.53 Å². The number of esters is 1. The predicted octanol–water partition coefficient (Wildman–Crippen LogP) is 1.90. The molecular formula is C14H15N3O2. The van der Waals surface area contributed by atoms with E-state index >= 15 is 0 Å². The predicted molar refractivity (Wildman–Crippen MR) is 71.9 cm³/mol. The molecule has 0 bridgehead atoms. The highest BCUT2D eigenvalue weighted by Gasteiger charge is 2.14. The van der Waals surface area contributed by atoms with Gasteiger partial charge in [0.2, 0.25) is 0 Å². The molecule has 0 saturated heterocycles. The number of hydrogen-bond acceptors (Lipinski definition) is 5. The Labute approximate surface area is 111 Å². The third kappa shape index (κ3) is 3.07. The average Bonchev–Trinajstić information content (AvgIpc) is 2.47. The molecule has 1 aromatic heterocycles. The molecular weight excluding hydrogens is 242 g/mol. The first kappa shape index (κ1) is 13.0. The Morgan fingerprint density at radius 1 is 1.32 bits per heavy atom. The Balaban J connectivity index is 2.24. The molecule has 0 radical (unpaired) electrons. The van der Waals surface area contributed by atoms with E-state index in [1.807, 2.05) is 30.1 Å². The van der Waals surface area contributed by atoms with Crippen molar-refractivity contribution in [1.29, 1.82) is 0 Å². The third-order valence-corrected chi connectivity index (χ3v) is 2.74. The summed E-state index contributed by atoms with van der Waals surface area (Å²) in [5.41, 5.74) is 2.18. The summed E-state index contributed by atoms with van der Waals surface area (Å²) >= 11 is 0. The number of anilines is 1. The van der Waals surface area contributed by atoms with Crippen LogP contribution in [0.3, 0.4) is 0 Å². The molecule has 5 nitrogen and oxygen atoms in total. The lowest BCUT2D eigenvalue weighted by Crippen LogP contribution is -2.20. The second kappa shape index (κ2) is 5.95. The van der Waals surface area contributed by atoms with Crippen LogP contribution in [0.25, 0.3) is 0 Å². The average molecular weight is 257 g/mol. The fraction of sp³-hybridized carbons (Fsp3) is 0.214. The van der Waals surface area contributed by atoms with Crippen molar-refractivity contribution in [1.82, 2.24) is 9.97 Å². The second-order valence-corrected chi connectivity index (χ2v) is 4.06. The Morgan fingerprint density at radius 3 is 2.79 bits per heavy atom. The number of nitrogens with zero attached hydrogens (tertiary/aromatic N) is 3. The molecule has 1 aromatic carbocycles. The van der Waals surface area contributed by atoms with Crippen molar-refractivity contribution in [2.24, 2.45) is 0 Å². The summed E-state index contributed by atoms with van der Waals surface area (Å²) in [4.78, 5) is 21.9. The van der Waals surface area contributed by atoms with E-state index in [9.17, 15) is 4.79 Å². The maximum absolute atomic E-state index is 11.7. The van der Waals surface area contributed by atoms with Crippen LogP contribution in [0.4, 0.5) is 5.69 Å². The minimum Gasteiger partial charge on any atom is -0.465 e. The zero-order valence-corrected chi connectivity index (χ0v) is 10.9. The molecule has 0 unspecified atom stereocenters. The van der Waals surface area contributed by atoms with Crippen LogP contribution in [-0.2, 0) is 11.3 Å². The summed E-state index contributed by atoms with van der Waals surface area (Å²) in [6.07, 6.45) is 4.98. The molecule has 0 aliphatic carbocycles. The molecule has 0 aliphatic rings. The fourth-order valence-corrected chi connectivity index (χ4v) is 1.83. The molecule has 0 spiro atoms. The van der Waals surface area contributed by atoms with E-state index in [1.54, 1.807) is 24.7 Å². The Hall–Kier alpha value is -2.43. The zero-order chi connectivity index (χ0) is 13.7. The van der Waals surface area contributed by atoms with E-state index in [-0.39, 0.29) is 5.97 Å². The van der Waals surface area contributed by atoms with Crippen LogP contribution in [0.2, 0.25) is 0 Å². The molecule has 2 aromatic rings. The number of rotatable bonds is 4. The van der Waals surface area contributed by atoms with Crippen molar-refractivity contribution in [2.45, 2.75) is 6.54 Å². The molecule has 0 atom stereocenters. The van der Waals surface area contributed by atoms with Gasteiger partial charge in [-0.25, -0.2) is 4.79 Å². The maximum atomic E-state index is 11.7. The zero-order valence-electron chi connectivity index (χ0n) is 10.9. The summed E-state index contributed by atoms with van der Waals surface area (Å²) in [5.74, 6) is -0.346. The van der Waals surface area contributed by atoms with Gasteiger partial charge < -0.3 is 9.64 Å². The summed E-state index contributed by atoms with van der Waals surface area (Å²) in [6.45, 7) is 0.571. The summed E-state index contributed by atoms with van der Waals surface area (Å²) in [7, 11) is 3.28. The molecule has 19 heavy (non-hydrogen) atoms. The van der Waals surface area contributed by atoms with Gasteiger partial charge in [0, 0.05) is 19.4 Å². The first-order valence-electron chi connectivity index (χ1n) is 5.85. The van der Waals surface area contributed by atoms with Crippen LogP contribution in [-0.4, -0.2) is 30.1 Å². The third-order valence-electron chi connectivity index (χ3n) is 2.74. The van der Waals surface area contributed by atoms with E-state index in [0.29, 0.717) is 12.1 Å². The van der Waals surface area contributed by atoms with E-state index in [2.05, 4.69) is 9.97 Å². The fourth-order valence-electron chi connectivity index (χ4n) is 1.83. The molecule has 0 fully saturated rings. The topological polar surface area (TPSA) is 55.3 Å². The van der Waals surface area contributed by atoms with Crippen LogP contribution >= 0.6 is 0 Å². The van der Waals surface area contributed by atoms with Crippen molar-refractivity contribution >= 4 is 11.7 Å². The van der Waals surface area contributed by atoms with E-state index < -0.39 is 0 Å². The van der Waals surface area contributed by atoms with Crippen LogP contribution in [0, 0.1) is 0 Å². The number of methoxy groups -OCH3 is 1. The summed E-state index contributed by atoms with van der Waals surface area (Å²) in [6, 6.07) is 7.32. The van der Waals surface area contributed by atoms with E-state index in [0.717, 1.165) is 11.4 Å². The van der Waals surface area contributed by atoms with Gasteiger partial charge in [-0.15, -0.1) is 0 Å². The molecule has 0 N–H and O–H groups in total. The van der Waals surface area contributed by atoms with Crippen molar-refractivity contribution in [3.63, 3.8) is 0 Å². The first-order valence-corrected chi connectivity index (χ1v) is 5.85. The van der Waals surface area contributed by atoms with Gasteiger partial charge in [0.25, 0.3) is 0 Å². The summed E-state index contributed by atoms with van der Waals surface area (Å²) < 4.78 is 4.78. The van der Waals surface area contributed by atoms with Gasteiger partial charge in [0.1, 0.15) is 0 Å². The standard InChI is InChI=1S/C14H15N3O2/c1-17(10-11-9-15-7-8-16-11)13-6-4-3-5-12(13)14(18)19-2/h3-9H,10H2,1-2H3. The van der Waals surface area contributed by atoms with Gasteiger partial charge in [-0.1, -0.05) is 12.1 Å². The number of ether oxygens (including phenoxy) is 1. The minimum absolute atomic E-state index is 0.346. The highest BCUT2D eigenvalue weighted by atomic mass is 16.5. The lowest BCUT2D eigenvalue weighted by Gasteiger charge is -2.21. The van der Waals surface area contributed by atoms with E-state index in [4.69, 9.17) is 4.74 Å². The first-order chi connectivity index (χ1) is 9.22. The number of benzene rings is 1. The Kier molecular flexibility index (Phi) is 4.07. The highest BCUT2D eigenvalue weighted by molar-refractivity contribution is 5.95. The highest BCUT2D eigenvalue weighted by Crippen LogP contribution is 2.21. The SMILES string of the molecule is COC(=O)c1ccccc1N(C)Cc1cnccn1. The van der Waals surface area contributed by atoms with E-state index in [1.165, 1.54) is 7.11 Å². The van der Waals surface area contributed by atoms with Gasteiger partial charge >= 0.3 is 5.97 Å². The van der Waals surface area contributed by atoms with Crippen LogP contribution in [0.5, 0.6) is 0 Å². The lowest BCUT2D eigenvalue weighted by molar-refractivity contribution is 0.0601. The van der Waals surface area contributed by atoms with Gasteiger partial charge in [0.15, 0.2) is 0 Å². The number of carbonyl (C=O) groups excluding carboxylic acids is 1. The second-order valence-electron chi connectivity index (χ2n) is 4.06. The van der Waals surface area contributed by atoms with Crippen molar-refractivity contribution in [2.75, 3.05) is 19.1 Å². The van der Waals surface area contributed by atoms with Crippen LogP contribution < -0.4 is 4.90 Å². The monoisotopic (exact) mass is 257 g/mol. The normalized spacial score (nSPS) is 10.0. The largest absolute Gasteiger partial charge is 0.465 e. The van der Waals surface area contributed by atoms with Crippen molar-refractivity contribution in [3.8, 4) is 0 Å². The van der Waals surface area contributed by atoms with Crippen LogP contribution in [0.1, 0.15) is 16.1 Å².